The summed E-state index contributed by atoms with van der Waals surface area (Å²) in [5, 5.41) is 4.81. The van der Waals surface area contributed by atoms with Crippen LogP contribution < -0.4 is 5.73 Å². The molecule has 0 aliphatic heterocycles. The fraction of sp³-hybridized carbons (Fsp3) is 0.833. The minimum Gasteiger partial charge on any atom is -0.327 e. The van der Waals surface area contributed by atoms with Crippen molar-refractivity contribution < 1.29 is 0 Å². The number of hydrogen-bond acceptors (Lipinski definition) is 2. The van der Waals surface area contributed by atoms with Crippen LogP contribution in [0.5, 0.6) is 0 Å². The fourth-order valence-electron chi connectivity index (χ4n) is 4.18. The molecule has 3 rings (SSSR count). The average molecular weight is 289 g/mol. The van der Waals surface area contributed by atoms with Crippen LogP contribution in [-0.4, -0.2) is 15.8 Å². The Hall–Kier alpha value is -0.830. The van der Waals surface area contributed by atoms with Crippen LogP contribution in [0.1, 0.15) is 82.4 Å². The second-order valence-corrected chi connectivity index (χ2v) is 7.20. The van der Waals surface area contributed by atoms with Crippen LogP contribution in [0.15, 0.2) is 12.3 Å². The first-order chi connectivity index (χ1) is 10.3. The molecule has 2 aliphatic carbocycles. The lowest BCUT2D eigenvalue weighted by Gasteiger charge is -2.25. The number of hydrogen-bond donors (Lipinski definition) is 1. The Bertz CT molecular complexity index is 412. The second kappa shape index (κ2) is 7.44. The standard InChI is InChI=1S/C18H31N3/c19-18(15-8-4-2-1-3-5-9-15)14-16-12-13-21(20-16)17-10-6-7-11-17/h12-13,15,17-18H,1-11,14,19H2. The highest BCUT2D eigenvalue weighted by atomic mass is 15.3. The van der Waals surface area contributed by atoms with Crippen molar-refractivity contribution in [3.8, 4) is 0 Å². The molecule has 0 spiro atoms. The van der Waals surface area contributed by atoms with Gasteiger partial charge in [-0.15, -0.1) is 0 Å². The van der Waals surface area contributed by atoms with Gasteiger partial charge in [-0.1, -0.05) is 44.9 Å². The SMILES string of the molecule is NC(Cc1ccn(C2CCCC2)n1)C1CCCCCCC1. The van der Waals surface area contributed by atoms with Crippen molar-refractivity contribution in [3.63, 3.8) is 0 Å². The van der Waals surface area contributed by atoms with Crippen molar-refractivity contribution >= 4 is 0 Å². The first kappa shape index (κ1) is 15.1. The van der Waals surface area contributed by atoms with Crippen molar-refractivity contribution in [1.82, 2.24) is 9.78 Å². The Morgan fingerprint density at radius 3 is 2.33 bits per heavy atom. The van der Waals surface area contributed by atoms with Gasteiger partial charge in [0, 0.05) is 18.7 Å². The molecule has 3 heteroatoms. The van der Waals surface area contributed by atoms with Gasteiger partial charge in [-0.25, -0.2) is 0 Å². The van der Waals surface area contributed by atoms with E-state index in [2.05, 4.69) is 16.9 Å². The van der Waals surface area contributed by atoms with E-state index in [1.54, 1.807) is 0 Å². The van der Waals surface area contributed by atoms with Gasteiger partial charge < -0.3 is 5.73 Å². The lowest BCUT2D eigenvalue weighted by Crippen LogP contribution is -2.33. The van der Waals surface area contributed by atoms with Crippen LogP contribution in [0.25, 0.3) is 0 Å². The average Bonchev–Trinajstić information content (AvgIpc) is 3.07. The van der Waals surface area contributed by atoms with Gasteiger partial charge in [0.05, 0.1) is 11.7 Å². The van der Waals surface area contributed by atoms with E-state index in [9.17, 15) is 0 Å². The zero-order valence-corrected chi connectivity index (χ0v) is 13.3. The van der Waals surface area contributed by atoms with E-state index in [1.165, 1.54) is 76.3 Å². The molecule has 1 aromatic heterocycles. The molecule has 0 saturated heterocycles. The molecule has 1 unspecified atom stereocenters. The number of nitrogens with zero attached hydrogens (tertiary/aromatic N) is 2. The zero-order chi connectivity index (χ0) is 14.5. The third kappa shape index (κ3) is 4.09. The van der Waals surface area contributed by atoms with E-state index < -0.39 is 0 Å². The van der Waals surface area contributed by atoms with Crippen molar-refractivity contribution in [2.24, 2.45) is 11.7 Å². The largest absolute Gasteiger partial charge is 0.327 e. The summed E-state index contributed by atoms with van der Waals surface area (Å²) in [6.45, 7) is 0. The third-order valence-electron chi connectivity index (χ3n) is 5.56. The molecular weight excluding hydrogens is 258 g/mol. The maximum absolute atomic E-state index is 6.51. The van der Waals surface area contributed by atoms with E-state index in [-0.39, 0.29) is 0 Å². The van der Waals surface area contributed by atoms with Gasteiger partial charge in [0.2, 0.25) is 0 Å². The topological polar surface area (TPSA) is 43.8 Å². The summed E-state index contributed by atoms with van der Waals surface area (Å²) in [4.78, 5) is 0. The van der Waals surface area contributed by atoms with Gasteiger partial charge in [-0.05, 0) is 37.7 Å². The smallest absolute Gasteiger partial charge is 0.0640 e. The highest BCUT2D eigenvalue weighted by Crippen LogP contribution is 2.29. The van der Waals surface area contributed by atoms with E-state index in [4.69, 9.17) is 10.8 Å². The minimum atomic E-state index is 0.301. The molecule has 21 heavy (non-hydrogen) atoms. The highest BCUT2D eigenvalue weighted by molar-refractivity contribution is 5.03. The lowest BCUT2D eigenvalue weighted by molar-refractivity contribution is 0.320. The maximum Gasteiger partial charge on any atom is 0.0640 e. The van der Waals surface area contributed by atoms with Crippen LogP contribution in [-0.2, 0) is 6.42 Å². The first-order valence-corrected chi connectivity index (χ1v) is 9.12. The maximum atomic E-state index is 6.51. The lowest BCUT2D eigenvalue weighted by atomic mass is 9.84. The van der Waals surface area contributed by atoms with Crippen molar-refractivity contribution in [2.45, 2.75) is 89.1 Å². The molecule has 2 aliphatic rings. The van der Waals surface area contributed by atoms with E-state index in [0.717, 1.165) is 6.42 Å². The van der Waals surface area contributed by atoms with E-state index in [1.807, 2.05) is 0 Å². The predicted molar refractivity (Wildman–Crippen MR) is 87.2 cm³/mol. The summed E-state index contributed by atoms with van der Waals surface area (Å²) in [5.74, 6) is 0.710. The molecule has 3 nitrogen and oxygen atoms in total. The number of rotatable bonds is 4. The Kier molecular flexibility index (Phi) is 5.34. The highest BCUT2D eigenvalue weighted by Gasteiger charge is 2.21. The monoisotopic (exact) mass is 289 g/mol. The molecule has 2 saturated carbocycles. The summed E-state index contributed by atoms with van der Waals surface area (Å²) in [7, 11) is 0. The second-order valence-electron chi connectivity index (χ2n) is 7.20. The van der Waals surface area contributed by atoms with Gasteiger partial charge in [0.15, 0.2) is 0 Å². The molecule has 2 N–H and O–H groups in total. The quantitative estimate of drug-likeness (QED) is 0.901. The normalized spacial score (nSPS) is 23.9. The molecule has 1 atom stereocenters. The molecule has 0 amide bonds. The van der Waals surface area contributed by atoms with Crippen LogP contribution >= 0.6 is 0 Å². The number of aromatic nitrogens is 2. The molecule has 0 radical (unpaired) electrons. The third-order valence-corrected chi connectivity index (χ3v) is 5.56. The molecular formula is C18H31N3. The zero-order valence-electron chi connectivity index (χ0n) is 13.3. The molecule has 118 valence electrons. The Morgan fingerprint density at radius 1 is 1.00 bits per heavy atom. The minimum absolute atomic E-state index is 0.301. The van der Waals surface area contributed by atoms with Crippen LogP contribution in [0.2, 0.25) is 0 Å². The van der Waals surface area contributed by atoms with Gasteiger partial charge >= 0.3 is 0 Å². The summed E-state index contributed by atoms with van der Waals surface area (Å²) < 4.78 is 2.20. The molecule has 0 aromatic carbocycles. The van der Waals surface area contributed by atoms with Crippen LogP contribution in [0.3, 0.4) is 0 Å². The molecule has 2 fully saturated rings. The van der Waals surface area contributed by atoms with Crippen molar-refractivity contribution in [2.75, 3.05) is 0 Å². The van der Waals surface area contributed by atoms with Gasteiger partial charge in [0.1, 0.15) is 0 Å². The fourth-order valence-corrected chi connectivity index (χ4v) is 4.18. The molecule has 1 heterocycles. The van der Waals surface area contributed by atoms with Crippen molar-refractivity contribution in [3.05, 3.63) is 18.0 Å². The Labute approximate surface area is 129 Å². The van der Waals surface area contributed by atoms with Gasteiger partial charge in [-0.3, -0.25) is 4.68 Å². The van der Waals surface area contributed by atoms with E-state index in [0.29, 0.717) is 18.0 Å². The molecule has 0 bridgehead atoms. The molecule has 1 aromatic rings. The van der Waals surface area contributed by atoms with Crippen LogP contribution in [0.4, 0.5) is 0 Å². The summed E-state index contributed by atoms with van der Waals surface area (Å²) in [5.41, 5.74) is 7.72. The van der Waals surface area contributed by atoms with Gasteiger partial charge in [-0.2, -0.15) is 5.10 Å². The van der Waals surface area contributed by atoms with E-state index >= 15 is 0 Å². The Balaban J connectivity index is 1.54. The number of nitrogens with two attached hydrogens (primary N) is 1. The Morgan fingerprint density at radius 2 is 1.62 bits per heavy atom. The van der Waals surface area contributed by atoms with Crippen LogP contribution in [0, 0.1) is 5.92 Å². The first-order valence-electron chi connectivity index (χ1n) is 9.12. The van der Waals surface area contributed by atoms with Crippen molar-refractivity contribution in [1.29, 1.82) is 0 Å². The predicted octanol–water partition coefficient (Wildman–Crippen LogP) is 4.23. The summed E-state index contributed by atoms with van der Waals surface area (Å²) in [6.07, 6.45) is 18.1. The summed E-state index contributed by atoms with van der Waals surface area (Å²) >= 11 is 0. The summed E-state index contributed by atoms with van der Waals surface area (Å²) in [6, 6.07) is 3.15. The van der Waals surface area contributed by atoms with Gasteiger partial charge in [0.25, 0.3) is 0 Å².